The Labute approximate surface area is 177 Å². The Balaban J connectivity index is 1.49. The number of nitrogens with one attached hydrogen (secondary N) is 1. The van der Waals surface area contributed by atoms with Gasteiger partial charge in [-0.15, -0.1) is 0 Å². The lowest BCUT2D eigenvalue weighted by Crippen LogP contribution is -2.33. The maximum atomic E-state index is 12.2. The van der Waals surface area contributed by atoms with Crippen molar-refractivity contribution in [3.8, 4) is 5.75 Å². The molecule has 1 saturated carbocycles. The molecule has 1 amide bonds. The summed E-state index contributed by atoms with van der Waals surface area (Å²) >= 11 is 0. The van der Waals surface area contributed by atoms with Gasteiger partial charge in [-0.05, 0) is 43.1 Å². The van der Waals surface area contributed by atoms with E-state index in [2.05, 4.69) is 23.3 Å². The van der Waals surface area contributed by atoms with Gasteiger partial charge in [0.25, 0.3) is 11.6 Å². The second-order valence-electron chi connectivity index (χ2n) is 7.79. The molecule has 1 N–H and O–H groups in total. The first-order valence-corrected chi connectivity index (χ1v) is 10.4. The molecule has 0 spiro atoms. The van der Waals surface area contributed by atoms with Crippen molar-refractivity contribution in [1.29, 1.82) is 0 Å². The second kappa shape index (κ2) is 10.7. The summed E-state index contributed by atoms with van der Waals surface area (Å²) < 4.78 is 5.42. The van der Waals surface area contributed by atoms with Crippen molar-refractivity contribution in [3.05, 3.63) is 69.8 Å². The number of carbonyl (C=O) groups excluding carboxylic acids is 1. The summed E-state index contributed by atoms with van der Waals surface area (Å²) in [5.74, 6) is 0.189. The number of amides is 1. The van der Waals surface area contributed by atoms with Gasteiger partial charge in [0.05, 0.1) is 4.92 Å². The lowest BCUT2D eigenvalue weighted by atomic mass is 9.94. The van der Waals surface area contributed by atoms with Gasteiger partial charge in [-0.1, -0.05) is 43.5 Å². The molecule has 0 bridgehead atoms. The summed E-state index contributed by atoms with van der Waals surface area (Å²) in [6, 6.07) is 14.5. The monoisotopic (exact) mass is 411 g/mol. The topological polar surface area (TPSA) is 84.7 Å². The van der Waals surface area contributed by atoms with Crippen LogP contribution in [-0.4, -0.2) is 35.4 Å². The fourth-order valence-corrected chi connectivity index (χ4v) is 3.86. The third kappa shape index (κ3) is 6.29. The molecule has 1 fully saturated rings. The van der Waals surface area contributed by atoms with E-state index in [4.69, 9.17) is 4.74 Å². The highest BCUT2D eigenvalue weighted by atomic mass is 16.6. The van der Waals surface area contributed by atoms with Crippen molar-refractivity contribution in [1.82, 2.24) is 10.2 Å². The molecule has 7 nitrogen and oxygen atoms in total. The minimum absolute atomic E-state index is 0.0124. The van der Waals surface area contributed by atoms with Gasteiger partial charge < -0.3 is 10.1 Å². The minimum atomic E-state index is -0.473. The SMILES string of the molecule is CN(Cc1ccccc1CNC(=O)COc1ccc([N+](=O)[O-])cc1)C1CCCCC1. The Morgan fingerprint density at radius 3 is 2.43 bits per heavy atom. The third-order valence-corrected chi connectivity index (χ3v) is 5.63. The van der Waals surface area contributed by atoms with Crippen molar-refractivity contribution >= 4 is 11.6 Å². The normalized spacial score (nSPS) is 14.5. The van der Waals surface area contributed by atoms with Crippen LogP contribution in [0.1, 0.15) is 43.2 Å². The maximum absolute atomic E-state index is 12.2. The molecule has 160 valence electrons. The first-order valence-electron chi connectivity index (χ1n) is 10.4. The Kier molecular flexibility index (Phi) is 7.79. The molecule has 0 saturated heterocycles. The fraction of sp³-hybridized carbons (Fsp3) is 0.435. The molecule has 3 rings (SSSR count). The molecule has 0 aliphatic heterocycles. The van der Waals surface area contributed by atoms with E-state index >= 15 is 0 Å². The van der Waals surface area contributed by atoms with E-state index in [-0.39, 0.29) is 18.2 Å². The van der Waals surface area contributed by atoms with Gasteiger partial charge in [0.2, 0.25) is 0 Å². The summed E-state index contributed by atoms with van der Waals surface area (Å²) in [6.45, 7) is 1.18. The largest absolute Gasteiger partial charge is 0.484 e. The molecule has 1 aliphatic carbocycles. The van der Waals surface area contributed by atoms with E-state index in [1.165, 1.54) is 61.9 Å². The molecule has 1 aliphatic rings. The number of nitrogens with zero attached hydrogens (tertiary/aromatic N) is 2. The highest BCUT2D eigenvalue weighted by Crippen LogP contribution is 2.23. The Hall–Kier alpha value is -2.93. The summed E-state index contributed by atoms with van der Waals surface area (Å²) in [5, 5.41) is 13.6. The Morgan fingerprint density at radius 2 is 1.77 bits per heavy atom. The van der Waals surface area contributed by atoms with Gasteiger partial charge in [-0.2, -0.15) is 0 Å². The van der Waals surface area contributed by atoms with Gasteiger partial charge in [0.1, 0.15) is 5.75 Å². The van der Waals surface area contributed by atoms with Crippen LogP contribution in [0.4, 0.5) is 5.69 Å². The number of non-ortho nitro benzene ring substituents is 1. The molecule has 0 heterocycles. The smallest absolute Gasteiger partial charge is 0.269 e. The van der Waals surface area contributed by atoms with E-state index < -0.39 is 4.92 Å². The predicted octanol–water partition coefficient (Wildman–Crippen LogP) is 4.05. The van der Waals surface area contributed by atoms with Gasteiger partial charge >= 0.3 is 0 Å². The van der Waals surface area contributed by atoms with Crippen molar-refractivity contribution in [3.63, 3.8) is 0 Å². The number of hydrogen-bond donors (Lipinski definition) is 1. The Bertz CT molecular complexity index is 848. The molecule has 0 aromatic heterocycles. The van der Waals surface area contributed by atoms with Crippen LogP contribution in [0.5, 0.6) is 5.75 Å². The second-order valence-corrected chi connectivity index (χ2v) is 7.79. The van der Waals surface area contributed by atoms with Crippen LogP contribution < -0.4 is 10.1 Å². The average Bonchev–Trinajstić information content (AvgIpc) is 2.78. The molecule has 0 unspecified atom stereocenters. The first kappa shape index (κ1) is 21.8. The van der Waals surface area contributed by atoms with Crippen molar-refractivity contribution in [2.75, 3.05) is 13.7 Å². The number of benzene rings is 2. The first-order chi connectivity index (χ1) is 14.5. The number of carbonyl (C=O) groups is 1. The number of nitro groups is 1. The number of nitro benzene ring substituents is 1. The van der Waals surface area contributed by atoms with Crippen molar-refractivity contribution in [2.45, 2.75) is 51.2 Å². The average molecular weight is 412 g/mol. The molecule has 2 aromatic rings. The minimum Gasteiger partial charge on any atom is -0.484 e. The lowest BCUT2D eigenvalue weighted by Gasteiger charge is -2.31. The van der Waals surface area contributed by atoms with E-state index in [0.29, 0.717) is 18.3 Å². The third-order valence-electron chi connectivity index (χ3n) is 5.63. The number of hydrogen-bond acceptors (Lipinski definition) is 5. The van der Waals surface area contributed by atoms with Gasteiger partial charge in [-0.25, -0.2) is 0 Å². The highest BCUT2D eigenvalue weighted by Gasteiger charge is 2.18. The molecular formula is C23H29N3O4. The van der Waals surface area contributed by atoms with Crippen molar-refractivity contribution < 1.29 is 14.5 Å². The Morgan fingerprint density at radius 1 is 1.10 bits per heavy atom. The van der Waals surface area contributed by atoms with Gasteiger partial charge in [0.15, 0.2) is 6.61 Å². The maximum Gasteiger partial charge on any atom is 0.269 e. The van der Waals surface area contributed by atoms with Gasteiger partial charge in [-0.3, -0.25) is 19.8 Å². The molecule has 7 heteroatoms. The van der Waals surface area contributed by atoms with E-state index in [0.717, 1.165) is 12.1 Å². The van der Waals surface area contributed by atoms with E-state index in [9.17, 15) is 14.9 Å². The van der Waals surface area contributed by atoms with Gasteiger partial charge in [0, 0.05) is 31.3 Å². The molecule has 0 atom stereocenters. The quantitative estimate of drug-likeness (QED) is 0.497. The lowest BCUT2D eigenvalue weighted by molar-refractivity contribution is -0.384. The van der Waals surface area contributed by atoms with Crippen LogP contribution >= 0.6 is 0 Å². The zero-order chi connectivity index (χ0) is 21.3. The summed E-state index contributed by atoms with van der Waals surface area (Å²) in [4.78, 5) is 24.8. The molecular weight excluding hydrogens is 382 g/mol. The van der Waals surface area contributed by atoms with Crippen LogP contribution in [0.15, 0.2) is 48.5 Å². The fourth-order valence-electron chi connectivity index (χ4n) is 3.86. The predicted molar refractivity (Wildman–Crippen MR) is 115 cm³/mol. The summed E-state index contributed by atoms with van der Waals surface area (Å²) in [5.41, 5.74) is 2.31. The van der Waals surface area contributed by atoms with Crippen LogP contribution in [0.2, 0.25) is 0 Å². The van der Waals surface area contributed by atoms with Crippen molar-refractivity contribution in [2.24, 2.45) is 0 Å². The number of ether oxygens (including phenoxy) is 1. The van der Waals surface area contributed by atoms with Crippen LogP contribution in [-0.2, 0) is 17.9 Å². The number of rotatable bonds is 9. The summed E-state index contributed by atoms with van der Waals surface area (Å²) in [7, 11) is 2.18. The van der Waals surface area contributed by atoms with Crippen LogP contribution in [0.25, 0.3) is 0 Å². The standard InChI is InChI=1S/C23H29N3O4/c1-25(20-9-3-2-4-10-20)16-19-8-6-5-7-18(19)15-24-23(27)17-30-22-13-11-21(12-14-22)26(28)29/h5-8,11-14,20H,2-4,9-10,15-17H2,1H3,(H,24,27). The summed E-state index contributed by atoms with van der Waals surface area (Å²) in [6.07, 6.45) is 6.47. The molecule has 30 heavy (non-hydrogen) atoms. The van der Waals surface area contributed by atoms with E-state index in [1.54, 1.807) is 0 Å². The zero-order valence-corrected chi connectivity index (χ0v) is 17.4. The zero-order valence-electron chi connectivity index (χ0n) is 17.4. The van der Waals surface area contributed by atoms with Crippen LogP contribution in [0, 0.1) is 10.1 Å². The highest BCUT2D eigenvalue weighted by molar-refractivity contribution is 5.77. The van der Waals surface area contributed by atoms with Crippen LogP contribution in [0.3, 0.4) is 0 Å². The molecule has 0 radical (unpaired) electrons. The van der Waals surface area contributed by atoms with E-state index in [1.807, 2.05) is 18.2 Å². The molecule has 2 aromatic carbocycles.